The van der Waals surface area contributed by atoms with Crippen LogP contribution in [-0.2, 0) is 4.74 Å². The Morgan fingerprint density at radius 3 is 2.61 bits per heavy atom. The lowest BCUT2D eigenvalue weighted by Gasteiger charge is -2.21. The average molecular weight is 414 g/mol. The summed E-state index contributed by atoms with van der Waals surface area (Å²) < 4.78 is 6.97. The van der Waals surface area contributed by atoms with Crippen LogP contribution in [0.25, 0.3) is 22.3 Å². The normalized spacial score (nSPS) is 18.2. The van der Waals surface area contributed by atoms with Gasteiger partial charge in [-0.15, -0.1) is 0 Å². The second-order valence-corrected chi connectivity index (χ2v) is 7.18. The lowest BCUT2D eigenvalue weighted by atomic mass is 10.1. The van der Waals surface area contributed by atoms with E-state index in [-0.39, 0.29) is 24.7 Å². The first-order valence-electron chi connectivity index (χ1n) is 9.79. The van der Waals surface area contributed by atoms with Crippen molar-refractivity contribution in [3.05, 3.63) is 83.2 Å². The zero-order valence-electron chi connectivity index (χ0n) is 16.4. The highest BCUT2D eigenvalue weighted by Crippen LogP contribution is 2.21. The number of ether oxygens (including phenoxy) is 1. The largest absolute Gasteiger partial charge is 0.377 e. The zero-order chi connectivity index (χ0) is 21.2. The van der Waals surface area contributed by atoms with Crippen LogP contribution in [0.3, 0.4) is 0 Å². The van der Waals surface area contributed by atoms with Gasteiger partial charge in [-0.3, -0.25) is 24.5 Å². The van der Waals surface area contributed by atoms with Crippen molar-refractivity contribution in [3.63, 3.8) is 0 Å². The van der Waals surface area contributed by atoms with Crippen LogP contribution in [-0.4, -0.2) is 49.9 Å². The van der Waals surface area contributed by atoms with E-state index >= 15 is 0 Å². The number of rotatable bonds is 4. The van der Waals surface area contributed by atoms with Crippen LogP contribution in [0.5, 0.6) is 0 Å². The minimum atomic E-state index is -0.418. The minimum absolute atomic E-state index is 0.256. The Kier molecular flexibility index (Phi) is 4.93. The molecule has 1 amide bonds. The molecule has 0 spiro atoms. The number of pyridine rings is 1. The molecule has 154 valence electrons. The molecule has 4 heterocycles. The van der Waals surface area contributed by atoms with Gasteiger partial charge in [-0.25, -0.2) is 4.68 Å². The Balaban J connectivity index is 1.41. The highest BCUT2D eigenvalue weighted by molar-refractivity contribution is 5.97. The molecule has 31 heavy (non-hydrogen) atoms. The van der Waals surface area contributed by atoms with Gasteiger partial charge in [-0.1, -0.05) is 0 Å². The average Bonchev–Trinajstić information content (AvgIpc) is 3.27. The zero-order valence-corrected chi connectivity index (χ0v) is 16.4. The number of hydrogen-bond donors (Lipinski definition) is 1. The van der Waals surface area contributed by atoms with Gasteiger partial charge in [0.1, 0.15) is 6.04 Å². The van der Waals surface area contributed by atoms with E-state index in [0.29, 0.717) is 22.3 Å². The van der Waals surface area contributed by atoms with Crippen LogP contribution in [0.4, 0.5) is 0 Å². The maximum absolute atomic E-state index is 12.9. The molecule has 1 aliphatic heterocycles. The Labute approximate surface area is 176 Å². The Hall–Kier alpha value is -3.98. The van der Waals surface area contributed by atoms with Crippen LogP contribution >= 0.6 is 0 Å². The van der Waals surface area contributed by atoms with E-state index in [1.807, 2.05) is 12.1 Å². The molecule has 0 aliphatic carbocycles. The van der Waals surface area contributed by atoms with Crippen molar-refractivity contribution in [1.82, 2.24) is 30.0 Å². The van der Waals surface area contributed by atoms with Gasteiger partial charge in [0.15, 0.2) is 0 Å². The monoisotopic (exact) mass is 414 g/mol. The van der Waals surface area contributed by atoms with Crippen LogP contribution < -0.4 is 10.9 Å². The van der Waals surface area contributed by atoms with Crippen molar-refractivity contribution >= 4 is 16.9 Å². The first-order valence-corrected chi connectivity index (χ1v) is 9.79. The van der Waals surface area contributed by atoms with Crippen molar-refractivity contribution in [3.8, 4) is 11.3 Å². The quantitative estimate of drug-likeness (QED) is 0.540. The van der Waals surface area contributed by atoms with E-state index in [9.17, 15) is 9.59 Å². The van der Waals surface area contributed by atoms with Crippen molar-refractivity contribution in [2.24, 2.45) is 0 Å². The number of nitrogens with one attached hydrogen (secondary N) is 1. The van der Waals surface area contributed by atoms with Gasteiger partial charge in [0.25, 0.3) is 11.5 Å². The summed E-state index contributed by atoms with van der Waals surface area (Å²) in [7, 11) is 0. The molecule has 1 fully saturated rings. The van der Waals surface area contributed by atoms with E-state index in [0.717, 1.165) is 5.56 Å². The third kappa shape index (κ3) is 3.78. The van der Waals surface area contributed by atoms with E-state index in [4.69, 9.17) is 4.74 Å². The number of carbonyl (C=O) groups is 1. The summed E-state index contributed by atoms with van der Waals surface area (Å²) in [6, 6.07) is 11.1. The van der Waals surface area contributed by atoms with E-state index < -0.39 is 12.1 Å². The molecule has 0 bridgehead atoms. The molecule has 9 nitrogen and oxygen atoms in total. The van der Waals surface area contributed by atoms with E-state index in [2.05, 4.69) is 25.4 Å². The third-order valence-corrected chi connectivity index (χ3v) is 5.21. The predicted octanol–water partition coefficient (Wildman–Crippen LogP) is 1.62. The third-order valence-electron chi connectivity index (χ3n) is 5.21. The number of carbonyl (C=O) groups excluding carboxylic acids is 1. The Bertz CT molecular complexity index is 1310. The van der Waals surface area contributed by atoms with E-state index in [1.165, 1.54) is 10.7 Å². The molecule has 2 unspecified atom stereocenters. The number of fused-ring (bicyclic) bond motifs is 1. The molecule has 0 saturated carbocycles. The van der Waals surface area contributed by atoms with E-state index in [1.54, 1.807) is 49.1 Å². The lowest BCUT2D eigenvalue weighted by molar-refractivity contribution is 0.0925. The van der Waals surface area contributed by atoms with Gasteiger partial charge in [0.2, 0.25) is 0 Å². The molecule has 9 heteroatoms. The molecule has 2 atom stereocenters. The van der Waals surface area contributed by atoms with Gasteiger partial charge in [-0.05, 0) is 36.4 Å². The fourth-order valence-electron chi connectivity index (χ4n) is 3.62. The smallest absolute Gasteiger partial charge is 0.267 e. The highest BCUT2D eigenvalue weighted by atomic mass is 16.5. The second-order valence-electron chi connectivity index (χ2n) is 7.18. The Morgan fingerprint density at radius 2 is 1.77 bits per heavy atom. The SMILES string of the molecule is O=C(NC1COCC1n1nc(-c2ccncc2)ccc1=O)c1ccc2nccnc2c1. The van der Waals surface area contributed by atoms with Crippen LogP contribution in [0.15, 0.2) is 72.0 Å². The highest BCUT2D eigenvalue weighted by Gasteiger charge is 2.33. The van der Waals surface area contributed by atoms with Gasteiger partial charge in [-0.2, -0.15) is 5.10 Å². The van der Waals surface area contributed by atoms with Gasteiger partial charge in [0.05, 0.1) is 36.0 Å². The fourth-order valence-corrected chi connectivity index (χ4v) is 3.62. The van der Waals surface area contributed by atoms with Crippen LogP contribution in [0.2, 0.25) is 0 Å². The van der Waals surface area contributed by atoms with Crippen LogP contribution in [0.1, 0.15) is 16.4 Å². The predicted molar refractivity (Wildman–Crippen MR) is 112 cm³/mol. The van der Waals surface area contributed by atoms with Crippen molar-refractivity contribution in [2.45, 2.75) is 12.1 Å². The molecule has 1 N–H and O–H groups in total. The number of hydrogen-bond acceptors (Lipinski definition) is 7. The standard InChI is InChI=1S/C22H18N6O3/c29-21-4-3-16(14-5-7-23-8-6-14)27-28(21)20-13-31-12-19(20)26-22(30)15-1-2-17-18(11-15)25-10-9-24-17/h1-11,19-20H,12-13H2,(H,26,30). The second kappa shape index (κ2) is 8.04. The van der Waals surface area contributed by atoms with Gasteiger partial charge >= 0.3 is 0 Å². The first-order chi connectivity index (χ1) is 15.2. The summed E-state index contributed by atoms with van der Waals surface area (Å²) in [5, 5.41) is 7.50. The van der Waals surface area contributed by atoms with Crippen LogP contribution in [0, 0.1) is 0 Å². The molecule has 0 radical (unpaired) electrons. The molecule has 3 aromatic heterocycles. The molecule has 4 aromatic rings. The first kappa shape index (κ1) is 19.0. The lowest BCUT2D eigenvalue weighted by Crippen LogP contribution is -2.44. The summed E-state index contributed by atoms with van der Waals surface area (Å²) in [5.74, 6) is -0.272. The molecule has 1 saturated heterocycles. The molecule has 1 aliphatic rings. The maximum atomic E-state index is 12.9. The van der Waals surface area contributed by atoms with Crippen molar-refractivity contribution in [1.29, 1.82) is 0 Å². The number of aromatic nitrogens is 5. The summed E-state index contributed by atoms with van der Waals surface area (Å²) in [4.78, 5) is 37.9. The summed E-state index contributed by atoms with van der Waals surface area (Å²) in [6.45, 7) is 0.568. The van der Waals surface area contributed by atoms with Crippen molar-refractivity contribution < 1.29 is 9.53 Å². The maximum Gasteiger partial charge on any atom is 0.267 e. The van der Waals surface area contributed by atoms with Gasteiger partial charge in [0, 0.05) is 42.0 Å². The minimum Gasteiger partial charge on any atom is -0.377 e. The molecule has 5 rings (SSSR count). The van der Waals surface area contributed by atoms with Crippen molar-refractivity contribution in [2.75, 3.05) is 13.2 Å². The number of amides is 1. The topological polar surface area (TPSA) is 112 Å². The molecule has 1 aromatic carbocycles. The van der Waals surface area contributed by atoms with Gasteiger partial charge < -0.3 is 10.1 Å². The summed E-state index contributed by atoms with van der Waals surface area (Å²) in [5.41, 5.74) is 3.05. The molecular formula is C22H18N6O3. The summed E-state index contributed by atoms with van der Waals surface area (Å²) in [6.07, 6.45) is 6.52. The molecular weight excluding hydrogens is 396 g/mol. The number of nitrogens with zero attached hydrogens (tertiary/aromatic N) is 5. The number of benzene rings is 1. The fraction of sp³-hybridized carbons (Fsp3) is 0.182. The summed E-state index contributed by atoms with van der Waals surface area (Å²) >= 11 is 0. The Morgan fingerprint density at radius 1 is 0.968 bits per heavy atom.